The van der Waals surface area contributed by atoms with Crippen LogP contribution in [-0.4, -0.2) is 50.0 Å². The Labute approximate surface area is 132 Å². The van der Waals surface area contributed by atoms with Gasteiger partial charge in [-0.2, -0.15) is 0 Å². The summed E-state index contributed by atoms with van der Waals surface area (Å²) in [6.07, 6.45) is 7.77. The van der Waals surface area contributed by atoms with Crippen molar-refractivity contribution in [2.24, 2.45) is 0 Å². The summed E-state index contributed by atoms with van der Waals surface area (Å²) in [5, 5.41) is 0. The Morgan fingerprint density at radius 1 is 1.23 bits per heavy atom. The molecule has 22 heavy (non-hydrogen) atoms. The maximum Gasteiger partial charge on any atom is 0.122 e. The first-order valence-corrected chi connectivity index (χ1v) is 8.11. The van der Waals surface area contributed by atoms with Crippen LogP contribution in [0.1, 0.15) is 25.2 Å². The first-order valence-electron chi connectivity index (χ1n) is 8.11. The number of pyridine rings is 1. The van der Waals surface area contributed by atoms with E-state index in [9.17, 15) is 0 Å². The molecule has 0 N–H and O–H groups in total. The van der Waals surface area contributed by atoms with Gasteiger partial charge >= 0.3 is 0 Å². The molecule has 3 heterocycles. The van der Waals surface area contributed by atoms with Crippen molar-refractivity contribution in [2.45, 2.75) is 39.5 Å². The number of hydrogen-bond acceptors (Lipinski definition) is 4. The van der Waals surface area contributed by atoms with Gasteiger partial charge in [0.05, 0.1) is 6.54 Å². The maximum absolute atomic E-state index is 4.50. The smallest absolute Gasteiger partial charge is 0.122 e. The van der Waals surface area contributed by atoms with Gasteiger partial charge in [-0.1, -0.05) is 6.07 Å². The Balaban J connectivity index is 1.56. The van der Waals surface area contributed by atoms with Crippen molar-refractivity contribution in [3.63, 3.8) is 0 Å². The molecule has 2 aromatic heterocycles. The minimum absolute atomic E-state index is 0.549. The van der Waals surface area contributed by atoms with E-state index in [1.807, 2.05) is 24.7 Å². The molecule has 3 rings (SSSR count). The number of aryl methyl sites for hydroxylation is 1. The lowest BCUT2D eigenvalue weighted by molar-refractivity contribution is 0.0705. The topological polar surface area (TPSA) is 37.2 Å². The van der Waals surface area contributed by atoms with Crippen LogP contribution in [0.4, 0.5) is 0 Å². The van der Waals surface area contributed by atoms with Crippen LogP contribution in [0.3, 0.4) is 0 Å². The van der Waals surface area contributed by atoms with Gasteiger partial charge in [0.1, 0.15) is 5.82 Å². The van der Waals surface area contributed by atoms with Crippen LogP contribution in [0.25, 0.3) is 0 Å². The van der Waals surface area contributed by atoms with E-state index in [1.165, 1.54) is 11.4 Å². The molecular formula is C17H25N5. The van der Waals surface area contributed by atoms with E-state index in [4.69, 9.17) is 0 Å². The largest absolute Gasteiger partial charge is 0.334 e. The highest BCUT2D eigenvalue weighted by atomic mass is 15.3. The predicted molar refractivity (Wildman–Crippen MR) is 87.3 cm³/mol. The summed E-state index contributed by atoms with van der Waals surface area (Å²) in [4.78, 5) is 13.8. The Hall–Kier alpha value is -1.72. The molecule has 5 heteroatoms. The SMILES string of the molecule is CCn1ccnc1CN1CCN(Cc2cccnc2)C[C@H]1C. The molecule has 2 aromatic rings. The number of hydrogen-bond donors (Lipinski definition) is 0. The van der Waals surface area contributed by atoms with Gasteiger partial charge in [0.2, 0.25) is 0 Å². The van der Waals surface area contributed by atoms with Gasteiger partial charge < -0.3 is 4.57 Å². The first kappa shape index (κ1) is 15.2. The van der Waals surface area contributed by atoms with Gasteiger partial charge in [-0.05, 0) is 25.5 Å². The molecule has 0 amide bonds. The number of imidazole rings is 1. The van der Waals surface area contributed by atoms with Crippen LogP contribution in [0.5, 0.6) is 0 Å². The average molecular weight is 299 g/mol. The zero-order chi connectivity index (χ0) is 15.4. The highest BCUT2D eigenvalue weighted by Gasteiger charge is 2.24. The van der Waals surface area contributed by atoms with Gasteiger partial charge in [0, 0.05) is 63.6 Å². The van der Waals surface area contributed by atoms with Crippen molar-refractivity contribution < 1.29 is 0 Å². The molecule has 1 aliphatic rings. The molecule has 0 aromatic carbocycles. The quantitative estimate of drug-likeness (QED) is 0.846. The summed E-state index contributed by atoms with van der Waals surface area (Å²) in [7, 11) is 0. The fraction of sp³-hybridized carbons (Fsp3) is 0.529. The number of rotatable bonds is 5. The molecule has 1 aliphatic heterocycles. The third kappa shape index (κ3) is 3.54. The predicted octanol–water partition coefficient (Wildman–Crippen LogP) is 2.00. The van der Waals surface area contributed by atoms with E-state index in [-0.39, 0.29) is 0 Å². The molecule has 5 nitrogen and oxygen atoms in total. The molecule has 0 bridgehead atoms. The van der Waals surface area contributed by atoms with Crippen molar-refractivity contribution in [2.75, 3.05) is 19.6 Å². The molecule has 0 aliphatic carbocycles. The Bertz CT molecular complexity index is 580. The zero-order valence-electron chi connectivity index (χ0n) is 13.5. The lowest BCUT2D eigenvalue weighted by atomic mass is 10.1. The van der Waals surface area contributed by atoms with E-state index in [0.717, 1.165) is 39.3 Å². The van der Waals surface area contributed by atoms with Crippen molar-refractivity contribution in [1.82, 2.24) is 24.3 Å². The van der Waals surface area contributed by atoms with Gasteiger partial charge in [-0.25, -0.2) is 4.98 Å². The summed E-state index contributed by atoms with van der Waals surface area (Å²) in [6, 6.07) is 4.72. The fourth-order valence-corrected chi connectivity index (χ4v) is 3.16. The molecule has 1 saturated heterocycles. The molecule has 0 spiro atoms. The molecule has 0 unspecified atom stereocenters. The highest BCUT2D eigenvalue weighted by molar-refractivity contribution is 5.08. The summed E-state index contributed by atoms with van der Waals surface area (Å²) in [5.41, 5.74) is 1.30. The second kappa shape index (κ2) is 7.03. The van der Waals surface area contributed by atoms with Crippen LogP contribution >= 0.6 is 0 Å². The summed E-state index contributed by atoms with van der Waals surface area (Å²) < 4.78 is 2.23. The third-order valence-corrected chi connectivity index (χ3v) is 4.47. The van der Waals surface area contributed by atoms with E-state index >= 15 is 0 Å². The zero-order valence-corrected chi connectivity index (χ0v) is 13.5. The van der Waals surface area contributed by atoms with Crippen LogP contribution in [0.15, 0.2) is 36.9 Å². The van der Waals surface area contributed by atoms with Gasteiger partial charge in [-0.3, -0.25) is 14.8 Å². The Morgan fingerprint density at radius 3 is 2.86 bits per heavy atom. The average Bonchev–Trinajstić information content (AvgIpc) is 2.98. The summed E-state index contributed by atoms with van der Waals surface area (Å²) >= 11 is 0. The molecule has 1 fully saturated rings. The van der Waals surface area contributed by atoms with E-state index in [2.05, 4.69) is 50.4 Å². The number of nitrogens with zero attached hydrogens (tertiary/aromatic N) is 5. The molecule has 0 saturated carbocycles. The van der Waals surface area contributed by atoms with Crippen molar-refractivity contribution in [3.8, 4) is 0 Å². The summed E-state index contributed by atoms with van der Waals surface area (Å²) in [5.74, 6) is 1.18. The van der Waals surface area contributed by atoms with Gasteiger partial charge in [0.25, 0.3) is 0 Å². The second-order valence-electron chi connectivity index (χ2n) is 6.05. The lowest BCUT2D eigenvalue weighted by Crippen LogP contribution is -2.51. The molecule has 1 atom stereocenters. The second-order valence-corrected chi connectivity index (χ2v) is 6.05. The van der Waals surface area contributed by atoms with Crippen LogP contribution in [0, 0.1) is 0 Å². The number of aromatic nitrogens is 3. The van der Waals surface area contributed by atoms with Gasteiger partial charge in [0.15, 0.2) is 0 Å². The van der Waals surface area contributed by atoms with E-state index < -0.39 is 0 Å². The molecule has 0 radical (unpaired) electrons. The van der Waals surface area contributed by atoms with E-state index in [0.29, 0.717) is 6.04 Å². The fourth-order valence-electron chi connectivity index (χ4n) is 3.16. The van der Waals surface area contributed by atoms with Crippen LogP contribution in [-0.2, 0) is 19.6 Å². The Kier molecular flexibility index (Phi) is 4.85. The van der Waals surface area contributed by atoms with Crippen LogP contribution in [0.2, 0.25) is 0 Å². The Morgan fingerprint density at radius 2 is 2.14 bits per heavy atom. The lowest BCUT2D eigenvalue weighted by Gasteiger charge is -2.39. The van der Waals surface area contributed by atoms with Gasteiger partial charge in [-0.15, -0.1) is 0 Å². The monoisotopic (exact) mass is 299 g/mol. The van der Waals surface area contributed by atoms with Crippen molar-refractivity contribution in [3.05, 3.63) is 48.3 Å². The molecular weight excluding hydrogens is 274 g/mol. The minimum atomic E-state index is 0.549. The summed E-state index contributed by atoms with van der Waals surface area (Å²) in [6.45, 7) is 10.7. The standard InChI is InChI=1S/C17H25N5/c1-3-21-8-7-19-17(21)14-22-10-9-20(12-15(22)2)13-16-5-4-6-18-11-16/h4-8,11,15H,3,9-10,12-14H2,1-2H3/t15-/m1/s1. The minimum Gasteiger partial charge on any atom is -0.334 e. The normalized spacial score (nSPS) is 20.4. The number of piperazine rings is 1. The first-order chi connectivity index (χ1) is 10.8. The van der Waals surface area contributed by atoms with Crippen molar-refractivity contribution >= 4 is 0 Å². The highest BCUT2D eigenvalue weighted by Crippen LogP contribution is 2.15. The third-order valence-electron chi connectivity index (χ3n) is 4.47. The van der Waals surface area contributed by atoms with Crippen LogP contribution < -0.4 is 0 Å². The van der Waals surface area contributed by atoms with Crippen molar-refractivity contribution in [1.29, 1.82) is 0 Å². The van der Waals surface area contributed by atoms with E-state index in [1.54, 1.807) is 0 Å². The maximum atomic E-state index is 4.50. The molecule has 118 valence electrons.